The third-order valence-corrected chi connectivity index (χ3v) is 5.26. The van der Waals surface area contributed by atoms with E-state index in [1.54, 1.807) is 18.2 Å². The van der Waals surface area contributed by atoms with E-state index in [2.05, 4.69) is 0 Å². The number of hydrogen-bond acceptors (Lipinski definition) is 6. The molecule has 0 saturated carbocycles. The molecular weight excluding hydrogens is 463 g/mol. The Bertz CT molecular complexity index is 1300. The van der Waals surface area contributed by atoms with E-state index in [1.165, 1.54) is 43.2 Å². The van der Waals surface area contributed by atoms with Crippen LogP contribution >= 0.6 is 11.6 Å². The number of methoxy groups -OCH3 is 2. The third kappa shape index (κ3) is 5.81. The zero-order valence-corrected chi connectivity index (χ0v) is 19.4. The zero-order chi connectivity index (χ0) is 24.7. The molecule has 0 atom stereocenters. The monoisotopic (exact) mass is 484 g/mol. The van der Waals surface area contributed by atoms with E-state index in [-0.39, 0.29) is 35.6 Å². The first-order valence-corrected chi connectivity index (χ1v) is 10.7. The molecule has 3 aromatic rings. The SMILES string of the molecule is COCCCn1cc(C(=O)c2cc(F)ccc2OCc2cc(Cl)ccc2OC)cc(C#N)c1=O. The van der Waals surface area contributed by atoms with E-state index in [9.17, 15) is 19.2 Å². The van der Waals surface area contributed by atoms with Crippen molar-refractivity contribution in [1.29, 1.82) is 5.26 Å². The predicted octanol–water partition coefficient (Wildman–Crippen LogP) is 4.37. The van der Waals surface area contributed by atoms with Gasteiger partial charge < -0.3 is 18.8 Å². The number of nitrogens with zero attached hydrogens (tertiary/aromatic N) is 2. The molecule has 2 aromatic carbocycles. The van der Waals surface area contributed by atoms with Gasteiger partial charge in [-0.25, -0.2) is 4.39 Å². The summed E-state index contributed by atoms with van der Waals surface area (Å²) in [6.45, 7) is 0.667. The number of rotatable bonds is 10. The fourth-order valence-corrected chi connectivity index (χ4v) is 3.56. The molecule has 0 aliphatic heterocycles. The van der Waals surface area contributed by atoms with E-state index in [4.69, 9.17) is 25.8 Å². The third-order valence-electron chi connectivity index (χ3n) is 5.03. The van der Waals surface area contributed by atoms with Gasteiger partial charge in [0.1, 0.15) is 35.6 Å². The van der Waals surface area contributed by atoms with Gasteiger partial charge in [0.2, 0.25) is 0 Å². The summed E-state index contributed by atoms with van der Waals surface area (Å²) in [6, 6.07) is 11.6. The number of ether oxygens (including phenoxy) is 3. The van der Waals surface area contributed by atoms with Crippen LogP contribution < -0.4 is 15.0 Å². The molecule has 9 heteroatoms. The van der Waals surface area contributed by atoms with Gasteiger partial charge in [0, 0.05) is 42.6 Å². The Morgan fingerprint density at radius 3 is 2.62 bits per heavy atom. The molecule has 0 amide bonds. The van der Waals surface area contributed by atoms with Gasteiger partial charge in [-0.1, -0.05) is 11.6 Å². The van der Waals surface area contributed by atoms with Gasteiger partial charge in [0.15, 0.2) is 5.78 Å². The lowest BCUT2D eigenvalue weighted by Crippen LogP contribution is -2.24. The van der Waals surface area contributed by atoms with Crippen LogP contribution in [-0.4, -0.2) is 31.2 Å². The minimum absolute atomic E-state index is 0.00953. The molecule has 1 aromatic heterocycles. The molecule has 0 unspecified atom stereocenters. The number of aryl methyl sites for hydroxylation is 1. The number of halogens is 2. The number of carbonyl (C=O) groups excluding carboxylic acids is 1. The first-order chi connectivity index (χ1) is 16.4. The maximum atomic E-state index is 14.1. The lowest BCUT2D eigenvalue weighted by atomic mass is 10.0. The highest BCUT2D eigenvalue weighted by Gasteiger charge is 2.19. The van der Waals surface area contributed by atoms with Gasteiger partial charge >= 0.3 is 0 Å². The van der Waals surface area contributed by atoms with E-state index in [0.29, 0.717) is 29.4 Å². The topological polar surface area (TPSA) is 90.5 Å². The van der Waals surface area contributed by atoms with Crippen LogP contribution in [0.1, 0.15) is 33.5 Å². The quantitative estimate of drug-likeness (QED) is 0.313. The highest BCUT2D eigenvalue weighted by Crippen LogP contribution is 2.27. The molecule has 176 valence electrons. The number of ketones is 1. The number of hydrogen-bond donors (Lipinski definition) is 0. The minimum atomic E-state index is -0.634. The van der Waals surface area contributed by atoms with Crippen molar-refractivity contribution >= 4 is 17.4 Å². The molecule has 7 nitrogen and oxygen atoms in total. The van der Waals surface area contributed by atoms with Crippen LogP contribution in [-0.2, 0) is 17.9 Å². The van der Waals surface area contributed by atoms with E-state index < -0.39 is 17.2 Å². The Hall–Kier alpha value is -3.67. The van der Waals surface area contributed by atoms with Crippen molar-refractivity contribution < 1.29 is 23.4 Å². The summed E-state index contributed by atoms with van der Waals surface area (Å²) in [4.78, 5) is 25.8. The summed E-state index contributed by atoms with van der Waals surface area (Å²) in [7, 11) is 3.04. The summed E-state index contributed by atoms with van der Waals surface area (Å²) < 4.78 is 31.5. The second kappa shape index (κ2) is 11.5. The maximum Gasteiger partial charge on any atom is 0.268 e. The Morgan fingerprint density at radius 2 is 1.91 bits per heavy atom. The van der Waals surface area contributed by atoms with Crippen LogP contribution in [0.2, 0.25) is 5.02 Å². The van der Waals surface area contributed by atoms with Crippen molar-refractivity contribution in [2.45, 2.75) is 19.6 Å². The van der Waals surface area contributed by atoms with Crippen LogP contribution in [0.15, 0.2) is 53.5 Å². The molecule has 0 aliphatic rings. The average Bonchev–Trinajstić information content (AvgIpc) is 2.84. The van der Waals surface area contributed by atoms with Crippen molar-refractivity contribution in [1.82, 2.24) is 4.57 Å². The average molecular weight is 485 g/mol. The second-order valence-electron chi connectivity index (χ2n) is 7.31. The normalized spacial score (nSPS) is 10.6. The number of nitriles is 1. The first kappa shape index (κ1) is 25.0. The van der Waals surface area contributed by atoms with Crippen LogP contribution in [0.25, 0.3) is 0 Å². The van der Waals surface area contributed by atoms with Crippen molar-refractivity contribution in [2.24, 2.45) is 0 Å². The highest BCUT2D eigenvalue weighted by atomic mass is 35.5. The van der Waals surface area contributed by atoms with Crippen molar-refractivity contribution in [3.8, 4) is 17.6 Å². The summed E-state index contributed by atoms with van der Waals surface area (Å²) in [5.74, 6) is -0.556. The van der Waals surface area contributed by atoms with Crippen LogP contribution in [0.5, 0.6) is 11.5 Å². The Balaban J connectivity index is 1.96. The predicted molar refractivity (Wildman–Crippen MR) is 124 cm³/mol. The fraction of sp³-hybridized carbons (Fsp3) is 0.240. The largest absolute Gasteiger partial charge is 0.496 e. The Kier molecular flexibility index (Phi) is 8.41. The summed E-state index contributed by atoms with van der Waals surface area (Å²) in [5, 5.41) is 9.85. The summed E-state index contributed by atoms with van der Waals surface area (Å²) >= 11 is 6.06. The van der Waals surface area contributed by atoms with E-state index in [1.807, 2.05) is 6.07 Å². The Morgan fingerprint density at radius 1 is 1.15 bits per heavy atom. The number of carbonyl (C=O) groups is 1. The number of benzene rings is 2. The van der Waals surface area contributed by atoms with Gasteiger partial charge in [-0.2, -0.15) is 5.26 Å². The molecule has 0 spiro atoms. The number of pyridine rings is 1. The fourth-order valence-electron chi connectivity index (χ4n) is 3.36. The molecule has 0 fully saturated rings. The van der Waals surface area contributed by atoms with Crippen LogP contribution in [0, 0.1) is 17.1 Å². The van der Waals surface area contributed by atoms with Gasteiger partial charge in [0.25, 0.3) is 5.56 Å². The van der Waals surface area contributed by atoms with Crippen molar-refractivity contribution in [2.75, 3.05) is 20.8 Å². The molecule has 3 rings (SSSR count). The highest BCUT2D eigenvalue weighted by molar-refractivity contribution is 6.30. The molecule has 34 heavy (non-hydrogen) atoms. The smallest absolute Gasteiger partial charge is 0.268 e. The molecule has 0 aliphatic carbocycles. The van der Waals surface area contributed by atoms with E-state index in [0.717, 1.165) is 6.07 Å². The van der Waals surface area contributed by atoms with Gasteiger partial charge in [0.05, 0.1) is 12.7 Å². The van der Waals surface area contributed by atoms with Crippen molar-refractivity contribution in [3.05, 3.63) is 92.1 Å². The number of aromatic nitrogens is 1. The molecule has 0 bridgehead atoms. The van der Waals surface area contributed by atoms with Crippen LogP contribution in [0.4, 0.5) is 4.39 Å². The second-order valence-corrected chi connectivity index (χ2v) is 7.75. The van der Waals surface area contributed by atoms with Crippen LogP contribution in [0.3, 0.4) is 0 Å². The van der Waals surface area contributed by atoms with Gasteiger partial charge in [-0.05, 0) is 48.9 Å². The maximum absolute atomic E-state index is 14.1. The standard InChI is InChI=1S/C25H22ClFN2O5/c1-32-9-3-8-29-14-17(10-16(13-28)25(29)31)24(30)21-12-20(27)5-7-23(21)34-15-18-11-19(26)4-6-22(18)33-2/h4-7,10-12,14H,3,8-9,15H2,1-2H3. The minimum Gasteiger partial charge on any atom is -0.496 e. The molecule has 1 heterocycles. The zero-order valence-electron chi connectivity index (χ0n) is 18.6. The molecule has 0 radical (unpaired) electrons. The summed E-state index contributed by atoms with van der Waals surface area (Å²) in [5.41, 5.74) is -0.0581. The van der Waals surface area contributed by atoms with E-state index >= 15 is 0 Å². The lowest BCUT2D eigenvalue weighted by Gasteiger charge is -2.14. The molecule has 0 N–H and O–H groups in total. The summed E-state index contributed by atoms with van der Waals surface area (Å²) in [6.07, 6.45) is 1.87. The Labute approximate surface area is 200 Å². The van der Waals surface area contributed by atoms with Crippen molar-refractivity contribution in [3.63, 3.8) is 0 Å². The lowest BCUT2D eigenvalue weighted by molar-refractivity contribution is 0.103. The molecule has 0 saturated heterocycles. The van der Waals surface area contributed by atoms with Gasteiger partial charge in [-0.15, -0.1) is 0 Å². The molecular formula is C25H22ClFN2O5. The van der Waals surface area contributed by atoms with Gasteiger partial charge in [-0.3, -0.25) is 9.59 Å². The first-order valence-electron chi connectivity index (χ1n) is 10.3.